The van der Waals surface area contributed by atoms with Crippen molar-refractivity contribution in [3.8, 4) is 6.07 Å². The van der Waals surface area contributed by atoms with Crippen LogP contribution >= 0.6 is 0 Å². The topological polar surface area (TPSA) is 77.2 Å². The molecule has 1 amide bonds. The van der Waals surface area contributed by atoms with Gasteiger partial charge in [-0.3, -0.25) is 4.79 Å². The van der Waals surface area contributed by atoms with Crippen LogP contribution < -0.4 is 0 Å². The summed E-state index contributed by atoms with van der Waals surface area (Å²) in [6.07, 6.45) is 1.95. The summed E-state index contributed by atoms with van der Waals surface area (Å²) in [4.78, 5) is 17.5. The molecular formula is C12H13N3O2. The van der Waals surface area contributed by atoms with E-state index in [9.17, 15) is 9.90 Å². The molecule has 2 heterocycles. The zero-order valence-electron chi connectivity index (χ0n) is 9.55. The quantitative estimate of drug-likeness (QED) is 0.765. The molecule has 1 aliphatic rings. The molecule has 88 valence electrons. The van der Waals surface area contributed by atoms with Gasteiger partial charge in [0.1, 0.15) is 11.8 Å². The Kier molecular flexibility index (Phi) is 2.82. The molecule has 0 radical (unpaired) electrons. The Bertz CT molecular complexity index is 474. The van der Waals surface area contributed by atoms with Gasteiger partial charge < -0.3 is 10.0 Å². The minimum atomic E-state index is -0.803. The van der Waals surface area contributed by atoms with E-state index in [0.717, 1.165) is 0 Å². The predicted octanol–water partition coefficient (Wildman–Crippen LogP) is 0.550. The molecule has 0 saturated carbocycles. The van der Waals surface area contributed by atoms with Gasteiger partial charge in [-0.2, -0.15) is 5.26 Å². The number of pyridine rings is 1. The monoisotopic (exact) mass is 231 g/mol. The van der Waals surface area contributed by atoms with E-state index in [4.69, 9.17) is 5.26 Å². The summed E-state index contributed by atoms with van der Waals surface area (Å²) < 4.78 is 0. The average molecular weight is 231 g/mol. The van der Waals surface area contributed by atoms with E-state index in [1.165, 1.54) is 12.3 Å². The maximum Gasteiger partial charge on any atom is 0.272 e. The van der Waals surface area contributed by atoms with Crippen LogP contribution in [0.3, 0.4) is 0 Å². The first kappa shape index (κ1) is 11.6. The summed E-state index contributed by atoms with van der Waals surface area (Å²) in [5, 5.41) is 18.4. The molecule has 2 rings (SSSR count). The number of carbonyl (C=O) groups is 1. The molecule has 1 aromatic heterocycles. The Morgan fingerprint density at radius 3 is 2.88 bits per heavy atom. The first-order valence-electron chi connectivity index (χ1n) is 5.40. The predicted molar refractivity (Wildman–Crippen MR) is 60.1 cm³/mol. The number of aliphatic hydroxyl groups is 1. The van der Waals surface area contributed by atoms with Gasteiger partial charge in [0.2, 0.25) is 0 Å². The lowest BCUT2D eigenvalue weighted by Gasteiger charge is -2.18. The van der Waals surface area contributed by atoms with Crippen LogP contribution in [0.1, 0.15) is 29.4 Å². The minimum absolute atomic E-state index is 0.202. The molecule has 0 aliphatic carbocycles. The maximum atomic E-state index is 12.0. The lowest BCUT2D eigenvalue weighted by molar-refractivity contribution is 0.0569. The van der Waals surface area contributed by atoms with Crippen LogP contribution in [0.15, 0.2) is 18.3 Å². The average Bonchev–Trinajstić information content (AvgIpc) is 2.69. The Labute approximate surface area is 99.3 Å². The summed E-state index contributed by atoms with van der Waals surface area (Å²) in [6, 6.07) is 5.05. The molecule has 5 nitrogen and oxygen atoms in total. The van der Waals surface area contributed by atoms with E-state index >= 15 is 0 Å². The second kappa shape index (κ2) is 4.15. The van der Waals surface area contributed by atoms with Crippen molar-refractivity contribution >= 4 is 5.91 Å². The van der Waals surface area contributed by atoms with Crippen LogP contribution in [0.2, 0.25) is 0 Å². The van der Waals surface area contributed by atoms with E-state index in [-0.39, 0.29) is 5.91 Å². The van der Waals surface area contributed by atoms with Crippen molar-refractivity contribution in [2.45, 2.75) is 18.9 Å². The lowest BCUT2D eigenvalue weighted by Crippen LogP contribution is -2.34. The second-order valence-corrected chi connectivity index (χ2v) is 4.52. The van der Waals surface area contributed by atoms with E-state index < -0.39 is 5.60 Å². The molecule has 1 fully saturated rings. The maximum absolute atomic E-state index is 12.0. The second-order valence-electron chi connectivity index (χ2n) is 4.52. The van der Waals surface area contributed by atoms with E-state index in [2.05, 4.69) is 4.98 Å². The summed E-state index contributed by atoms with van der Waals surface area (Å²) >= 11 is 0. The number of aromatic nitrogens is 1. The molecule has 1 unspecified atom stereocenters. The van der Waals surface area contributed by atoms with Crippen LogP contribution in [0.5, 0.6) is 0 Å². The van der Waals surface area contributed by atoms with Gasteiger partial charge in [0.15, 0.2) is 0 Å². The zero-order valence-corrected chi connectivity index (χ0v) is 9.55. The SMILES string of the molecule is CC1(O)CCN(C(=O)c2ccc(C#N)cn2)C1. The summed E-state index contributed by atoms with van der Waals surface area (Å²) in [7, 11) is 0. The number of hydrogen-bond donors (Lipinski definition) is 1. The number of nitriles is 1. The highest BCUT2D eigenvalue weighted by atomic mass is 16.3. The smallest absolute Gasteiger partial charge is 0.272 e. The fourth-order valence-electron chi connectivity index (χ4n) is 1.87. The molecule has 0 aromatic carbocycles. The first-order valence-corrected chi connectivity index (χ1v) is 5.40. The van der Waals surface area contributed by atoms with Gasteiger partial charge in [0.05, 0.1) is 11.2 Å². The number of nitrogens with zero attached hydrogens (tertiary/aromatic N) is 3. The van der Waals surface area contributed by atoms with Crippen LogP contribution in [0.25, 0.3) is 0 Å². The summed E-state index contributed by atoms with van der Waals surface area (Å²) in [5.74, 6) is -0.202. The number of likely N-dealkylation sites (tertiary alicyclic amines) is 1. The fourth-order valence-corrected chi connectivity index (χ4v) is 1.87. The highest BCUT2D eigenvalue weighted by Crippen LogP contribution is 2.21. The normalized spacial score (nSPS) is 23.5. The van der Waals surface area contributed by atoms with Crippen LogP contribution in [-0.2, 0) is 0 Å². The van der Waals surface area contributed by atoms with Gasteiger partial charge in [0, 0.05) is 19.3 Å². The van der Waals surface area contributed by atoms with Gasteiger partial charge in [0.25, 0.3) is 5.91 Å². The van der Waals surface area contributed by atoms with Crippen molar-refractivity contribution in [1.29, 1.82) is 5.26 Å². The van der Waals surface area contributed by atoms with Gasteiger partial charge in [-0.05, 0) is 25.5 Å². The summed E-state index contributed by atoms with van der Waals surface area (Å²) in [6.45, 7) is 2.58. The molecule has 0 bridgehead atoms. The van der Waals surface area contributed by atoms with Crippen molar-refractivity contribution in [3.05, 3.63) is 29.6 Å². The third-order valence-electron chi connectivity index (χ3n) is 2.85. The van der Waals surface area contributed by atoms with Gasteiger partial charge in [-0.25, -0.2) is 4.98 Å². The number of amides is 1. The minimum Gasteiger partial charge on any atom is -0.388 e. The molecule has 1 atom stereocenters. The van der Waals surface area contributed by atoms with Gasteiger partial charge in [-0.15, -0.1) is 0 Å². The highest BCUT2D eigenvalue weighted by molar-refractivity contribution is 5.92. The molecule has 1 aliphatic heterocycles. The third kappa shape index (κ3) is 2.43. The van der Waals surface area contributed by atoms with Gasteiger partial charge >= 0.3 is 0 Å². The number of carbonyl (C=O) groups excluding carboxylic acids is 1. The fraction of sp³-hybridized carbons (Fsp3) is 0.417. The first-order chi connectivity index (χ1) is 8.02. The molecule has 1 saturated heterocycles. The van der Waals surface area contributed by atoms with E-state index in [0.29, 0.717) is 30.8 Å². The molecule has 5 heteroatoms. The standard InChI is InChI=1S/C12H13N3O2/c1-12(17)4-5-15(8-12)11(16)10-3-2-9(6-13)7-14-10/h2-3,7,17H,4-5,8H2,1H3. The zero-order chi connectivity index (χ0) is 12.5. The van der Waals surface area contributed by atoms with Crippen molar-refractivity contribution in [3.63, 3.8) is 0 Å². The number of β-amino-alcohol motifs (C(OH)–C–C–N with tert-alkyl or cyclic N) is 1. The molecule has 1 N–H and O–H groups in total. The number of hydrogen-bond acceptors (Lipinski definition) is 4. The molecule has 17 heavy (non-hydrogen) atoms. The van der Waals surface area contributed by atoms with Crippen molar-refractivity contribution in [1.82, 2.24) is 9.88 Å². The Morgan fingerprint density at radius 2 is 2.41 bits per heavy atom. The van der Waals surface area contributed by atoms with Crippen molar-refractivity contribution in [2.75, 3.05) is 13.1 Å². The summed E-state index contributed by atoms with van der Waals surface area (Å²) in [5.41, 5.74) is -0.0703. The van der Waals surface area contributed by atoms with E-state index in [1.807, 2.05) is 6.07 Å². The number of rotatable bonds is 1. The van der Waals surface area contributed by atoms with Crippen molar-refractivity contribution in [2.24, 2.45) is 0 Å². The highest BCUT2D eigenvalue weighted by Gasteiger charge is 2.34. The van der Waals surface area contributed by atoms with Crippen LogP contribution in [0, 0.1) is 11.3 Å². The Morgan fingerprint density at radius 1 is 1.65 bits per heavy atom. The lowest BCUT2D eigenvalue weighted by atomic mass is 10.1. The van der Waals surface area contributed by atoms with Crippen LogP contribution in [0.4, 0.5) is 0 Å². The molecule has 1 aromatic rings. The van der Waals surface area contributed by atoms with Gasteiger partial charge in [-0.1, -0.05) is 0 Å². The molecular weight excluding hydrogens is 218 g/mol. The third-order valence-corrected chi connectivity index (χ3v) is 2.85. The largest absolute Gasteiger partial charge is 0.388 e. The Hall–Kier alpha value is -1.93. The van der Waals surface area contributed by atoms with Crippen molar-refractivity contribution < 1.29 is 9.90 Å². The molecule has 0 spiro atoms. The van der Waals surface area contributed by atoms with E-state index in [1.54, 1.807) is 17.9 Å². The Balaban J connectivity index is 2.13. The van der Waals surface area contributed by atoms with Crippen LogP contribution in [-0.4, -0.2) is 39.6 Å².